The number of rotatable bonds is 6. The fourth-order valence-corrected chi connectivity index (χ4v) is 4.71. The summed E-state index contributed by atoms with van der Waals surface area (Å²) in [5.41, 5.74) is 3.59. The Morgan fingerprint density at radius 3 is 2.53 bits per heavy atom. The summed E-state index contributed by atoms with van der Waals surface area (Å²) in [5.74, 6) is 0.847. The lowest BCUT2D eigenvalue weighted by atomic mass is 10.1. The minimum Gasteiger partial charge on any atom is -0.497 e. The molecule has 3 aromatic rings. The molecule has 2 aromatic carbocycles. The van der Waals surface area contributed by atoms with Gasteiger partial charge in [0.2, 0.25) is 0 Å². The average Bonchev–Trinajstić information content (AvgIpc) is 3.23. The number of aryl methyl sites for hydroxylation is 1. The van der Waals surface area contributed by atoms with Crippen molar-refractivity contribution in [3.05, 3.63) is 53.6 Å². The predicted octanol–water partition coefficient (Wildman–Crippen LogP) is 3.94. The molecule has 6 nitrogen and oxygen atoms in total. The van der Waals surface area contributed by atoms with Gasteiger partial charge in [-0.15, -0.1) is 0 Å². The van der Waals surface area contributed by atoms with Crippen molar-refractivity contribution in [2.24, 2.45) is 0 Å². The van der Waals surface area contributed by atoms with E-state index in [0.29, 0.717) is 19.6 Å². The lowest BCUT2D eigenvalue weighted by molar-refractivity contribution is 0.194. The second-order valence-electron chi connectivity index (χ2n) is 7.46. The number of nitrogens with one attached hydrogen (secondary N) is 1. The van der Waals surface area contributed by atoms with Gasteiger partial charge in [-0.3, -0.25) is 0 Å². The van der Waals surface area contributed by atoms with Crippen LogP contribution in [0.4, 0.5) is 9.93 Å². The summed E-state index contributed by atoms with van der Waals surface area (Å²) >= 11 is 1.74. The smallest absolute Gasteiger partial charge is 0.317 e. The normalized spacial score (nSPS) is 14.2. The molecule has 1 N–H and O–H groups in total. The van der Waals surface area contributed by atoms with E-state index in [1.807, 2.05) is 29.2 Å². The first-order chi connectivity index (χ1) is 14.7. The maximum atomic E-state index is 12.5. The summed E-state index contributed by atoms with van der Waals surface area (Å²) in [6.07, 6.45) is 1.84. The fraction of sp³-hybridized carbons (Fsp3) is 0.391. The maximum absolute atomic E-state index is 12.5. The molecule has 4 rings (SSSR count). The number of aromatic nitrogens is 1. The highest BCUT2D eigenvalue weighted by molar-refractivity contribution is 7.22. The van der Waals surface area contributed by atoms with Crippen LogP contribution in [0.1, 0.15) is 18.1 Å². The Balaban J connectivity index is 1.26. The van der Waals surface area contributed by atoms with Crippen LogP contribution in [-0.4, -0.2) is 55.7 Å². The third-order valence-electron chi connectivity index (χ3n) is 5.54. The summed E-state index contributed by atoms with van der Waals surface area (Å²) in [5, 5.41) is 4.10. The number of urea groups is 1. The molecule has 2 amide bonds. The number of carbonyl (C=O) groups is 1. The largest absolute Gasteiger partial charge is 0.497 e. The fourth-order valence-electron chi connectivity index (χ4n) is 3.63. The van der Waals surface area contributed by atoms with E-state index in [9.17, 15) is 4.79 Å². The van der Waals surface area contributed by atoms with Gasteiger partial charge >= 0.3 is 6.03 Å². The van der Waals surface area contributed by atoms with Crippen LogP contribution in [0.15, 0.2) is 42.5 Å². The van der Waals surface area contributed by atoms with Crippen molar-refractivity contribution in [3.8, 4) is 5.75 Å². The van der Waals surface area contributed by atoms with E-state index in [0.717, 1.165) is 42.3 Å². The van der Waals surface area contributed by atoms with E-state index in [-0.39, 0.29) is 6.03 Å². The number of thiazole rings is 1. The van der Waals surface area contributed by atoms with E-state index in [2.05, 4.69) is 35.3 Å². The monoisotopic (exact) mass is 424 g/mol. The van der Waals surface area contributed by atoms with Crippen molar-refractivity contribution in [1.82, 2.24) is 15.2 Å². The zero-order chi connectivity index (χ0) is 20.9. The molecule has 0 atom stereocenters. The molecule has 1 aliphatic rings. The first-order valence-electron chi connectivity index (χ1n) is 10.5. The van der Waals surface area contributed by atoms with Gasteiger partial charge in [0.1, 0.15) is 5.75 Å². The van der Waals surface area contributed by atoms with E-state index in [1.54, 1.807) is 18.4 Å². The van der Waals surface area contributed by atoms with Gasteiger partial charge in [0.05, 0.1) is 17.3 Å². The number of fused-ring (bicyclic) bond motifs is 1. The molecule has 0 unspecified atom stereocenters. The number of benzene rings is 2. The number of anilines is 1. The lowest BCUT2D eigenvalue weighted by Gasteiger charge is -2.34. The Hall–Kier alpha value is -2.80. The van der Waals surface area contributed by atoms with Gasteiger partial charge in [-0.25, -0.2) is 9.78 Å². The number of nitrogens with zero attached hydrogens (tertiary/aromatic N) is 3. The number of hydrogen-bond acceptors (Lipinski definition) is 5. The molecular weight excluding hydrogens is 396 g/mol. The highest BCUT2D eigenvalue weighted by Crippen LogP contribution is 2.30. The van der Waals surface area contributed by atoms with E-state index >= 15 is 0 Å². The zero-order valence-corrected chi connectivity index (χ0v) is 18.4. The van der Waals surface area contributed by atoms with Gasteiger partial charge in [-0.05, 0) is 48.2 Å². The molecule has 0 radical (unpaired) electrons. The summed E-state index contributed by atoms with van der Waals surface area (Å²) < 4.78 is 6.41. The van der Waals surface area contributed by atoms with Crippen LogP contribution in [0.5, 0.6) is 5.75 Å². The van der Waals surface area contributed by atoms with E-state index in [4.69, 9.17) is 9.72 Å². The standard InChI is InChI=1S/C23H28N4O2S/c1-3-17-6-9-20-21(16-17)30-23(25-20)27-14-12-26(13-15-27)22(28)24-11-10-18-4-7-19(29-2)8-5-18/h4-9,16H,3,10-15H2,1-2H3,(H,24,28). The van der Waals surface area contributed by atoms with Crippen molar-refractivity contribution < 1.29 is 9.53 Å². The zero-order valence-electron chi connectivity index (χ0n) is 17.6. The molecule has 1 fully saturated rings. The Morgan fingerprint density at radius 1 is 1.10 bits per heavy atom. The Morgan fingerprint density at radius 2 is 1.83 bits per heavy atom. The van der Waals surface area contributed by atoms with Crippen LogP contribution < -0.4 is 15.0 Å². The summed E-state index contributed by atoms with van der Waals surface area (Å²) in [7, 11) is 1.66. The van der Waals surface area contributed by atoms with Crippen LogP contribution in [0, 0.1) is 0 Å². The molecule has 158 valence electrons. The highest BCUT2D eigenvalue weighted by Gasteiger charge is 2.23. The number of piperazine rings is 1. The van der Waals surface area contributed by atoms with Crippen LogP contribution in [0.2, 0.25) is 0 Å². The van der Waals surface area contributed by atoms with Gasteiger partial charge in [0.15, 0.2) is 5.13 Å². The number of hydrogen-bond donors (Lipinski definition) is 1. The van der Waals surface area contributed by atoms with Crippen LogP contribution in [0.25, 0.3) is 10.2 Å². The van der Waals surface area contributed by atoms with Crippen molar-refractivity contribution in [3.63, 3.8) is 0 Å². The first-order valence-corrected chi connectivity index (χ1v) is 11.3. The molecule has 0 bridgehead atoms. The molecular formula is C23H28N4O2S. The number of amides is 2. The van der Waals surface area contributed by atoms with Crippen molar-refractivity contribution in [2.75, 3.05) is 44.7 Å². The molecule has 0 aliphatic carbocycles. The van der Waals surface area contributed by atoms with Gasteiger partial charge in [-0.2, -0.15) is 0 Å². The topological polar surface area (TPSA) is 57.7 Å². The molecule has 0 spiro atoms. The van der Waals surface area contributed by atoms with Gasteiger partial charge in [0.25, 0.3) is 0 Å². The molecule has 1 aromatic heterocycles. The van der Waals surface area contributed by atoms with E-state index in [1.165, 1.54) is 15.8 Å². The van der Waals surface area contributed by atoms with Gasteiger partial charge in [0, 0.05) is 32.7 Å². The quantitative estimate of drug-likeness (QED) is 0.651. The summed E-state index contributed by atoms with van der Waals surface area (Å²) in [4.78, 5) is 21.5. The van der Waals surface area contributed by atoms with Crippen molar-refractivity contribution in [2.45, 2.75) is 19.8 Å². The Bertz CT molecular complexity index is 994. The molecule has 1 aliphatic heterocycles. The Labute approximate surface area is 181 Å². The van der Waals surface area contributed by atoms with Crippen LogP contribution in [-0.2, 0) is 12.8 Å². The van der Waals surface area contributed by atoms with E-state index < -0.39 is 0 Å². The molecule has 1 saturated heterocycles. The van der Waals surface area contributed by atoms with Crippen molar-refractivity contribution in [1.29, 1.82) is 0 Å². The predicted molar refractivity (Wildman–Crippen MR) is 123 cm³/mol. The van der Waals surface area contributed by atoms with Crippen LogP contribution >= 0.6 is 11.3 Å². The molecule has 2 heterocycles. The third kappa shape index (κ3) is 4.67. The number of carbonyl (C=O) groups excluding carboxylic acids is 1. The van der Waals surface area contributed by atoms with Crippen molar-refractivity contribution >= 4 is 32.7 Å². The lowest BCUT2D eigenvalue weighted by Crippen LogP contribution is -2.52. The number of methoxy groups -OCH3 is 1. The number of ether oxygens (including phenoxy) is 1. The van der Waals surface area contributed by atoms with Gasteiger partial charge < -0.3 is 19.9 Å². The van der Waals surface area contributed by atoms with Gasteiger partial charge in [-0.1, -0.05) is 36.5 Å². The minimum absolute atomic E-state index is 0.0139. The molecule has 0 saturated carbocycles. The second kappa shape index (κ2) is 9.34. The third-order valence-corrected chi connectivity index (χ3v) is 6.62. The second-order valence-corrected chi connectivity index (χ2v) is 8.47. The first kappa shape index (κ1) is 20.5. The summed E-state index contributed by atoms with van der Waals surface area (Å²) in [6.45, 7) is 5.85. The summed E-state index contributed by atoms with van der Waals surface area (Å²) in [6, 6.07) is 14.5. The molecule has 30 heavy (non-hydrogen) atoms. The SMILES string of the molecule is CCc1ccc2nc(N3CCN(C(=O)NCCc4ccc(OC)cc4)CC3)sc2c1. The Kier molecular flexibility index (Phi) is 6.38. The minimum atomic E-state index is 0.0139. The van der Waals surface area contributed by atoms with Crippen LogP contribution in [0.3, 0.4) is 0 Å². The highest BCUT2D eigenvalue weighted by atomic mass is 32.1. The average molecular weight is 425 g/mol. The molecule has 7 heteroatoms. The maximum Gasteiger partial charge on any atom is 0.317 e.